The normalized spacial score (nSPS) is 14.3. The molecule has 0 aliphatic carbocycles. The van der Waals surface area contributed by atoms with Crippen molar-refractivity contribution in [2.75, 3.05) is 6.26 Å². The van der Waals surface area contributed by atoms with Gasteiger partial charge in [-0.2, -0.15) is 0 Å². The van der Waals surface area contributed by atoms with E-state index in [0.717, 1.165) is 13.2 Å². The summed E-state index contributed by atoms with van der Waals surface area (Å²) in [4.78, 5) is 10.3. The number of alkyl halides is 1. The van der Waals surface area contributed by atoms with Gasteiger partial charge >= 0.3 is 0 Å². The first kappa shape index (κ1) is 9.35. The van der Waals surface area contributed by atoms with Crippen LogP contribution in [0.1, 0.15) is 6.92 Å². The molecule has 0 rings (SSSR count). The number of sulfonamides is 1. The second-order valence-corrected chi connectivity index (χ2v) is 3.60. The Morgan fingerprint density at radius 2 is 2.00 bits per heavy atom. The number of carbonyl (C=O) groups is 1. The molecule has 0 saturated heterocycles. The molecule has 0 saturated carbocycles. The minimum atomic E-state index is -3.61. The summed E-state index contributed by atoms with van der Waals surface area (Å²) >= 11 is 0. The van der Waals surface area contributed by atoms with E-state index in [2.05, 4.69) is 0 Å². The van der Waals surface area contributed by atoms with Gasteiger partial charge in [0, 0.05) is 0 Å². The molecule has 0 spiro atoms. The van der Waals surface area contributed by atoms with Crippen molar-refractivity contribution in [1.82, 2.24) is 4.72 Å². The molecular formula is C4H8FNO3S. The molecule has 0 aliphatic rings. The molecule has 0 fully saturated rings. The number of rotatable bonds is 2. The van der Waals surface area contributed by atoms with Crippen molar-refractivity contribution in [3.63, 3.8) is 0 Å². The van der Waals surface area contributed by atoms with Gasteiger partial charge in [0.2, 0.25) is 10.0 Å². The van der Waals surface area contributed by atoms with Crippen LogP contribution in [0.25, 0.3) is 0 Å². The molecule has 4 nitrogen and oxygen atoms in total. The van der Waals surface area contributed by atoms with Crippen LogP contribution in [0.5, 0.6) is 0 Å². The number of hydrogen-bond acceptors (Lipinski definition) is 3. The average Bonchev–Trinajstić information content (AvgIpc) is 1.60. The lowest BCUT2D eigenvalue weighted by Gasteiger charge is -2.00. The highest BCUT2D eigenvalue weighted by molar-refractivity contribution is 7.89. The average molecular weight is 169 g/mol. The van der Waals surface area contributed by atoms with Crippen molar-refractivity contribution < 1.29 is 17.6 Å². The fourth-order valence-corrected chi connectivity index (χ4v) is 0.792. The Hall–Kier alpha value is -0.650. The predicted octanol–water partition coefficient (Wildman–Crippen LogP) is -0.580. The van der Waals surface area contributed by atoms with Crippen molar-refractivity contribution in [3.05, 3.63) is 0 Å². The van der Waals surface area contributed by atoms with Gasteiger partial charge in [-0.1, -0.05) is 0 Å². The number of nitrogens with one attached hydrogen (secondary N) is 1. The summed E-state index contributed by atoms with van der Waals surface area (Å²) in [5.41, 5.74) is 0. The highest BCUT2D eigenvalue weighted by Gasteiger charge is 2.14. The van der Waals surface area contributed by atoms with Crippen LogP contribution in [0.15, 0.2) is 0 Å². The van der Waals surface area contributed by atoms with Crippen molar-refractivity contribution in [2.24, 2.45) is 0 Å². The maximum Gasteiger partial charge on any atom is 0.267 e. The molecular weight excluding hydrogens is 161 g/mol. The van der Waals surface area contributed by atoms with E-state index >= 15 is 0 Å². The molecule has 1 amide bonds. The smallest absolute Gasteiger partial charge is 0.267 e. The Bertz CT molecular complexity index is 221. The summed E-state index contributed by atoms with van der Waals surface area (Å²) in [6, 6.07) is 0. The first-order valence-corrected chi connectivity index (χ1v) is 4.38. The van der Waals surface area contributed by atoms with E-state index < -0.39 is 22.1 Å². The maximum absolute atomic E-state index is 11.9. The van der Waals surface area contributed by atoms with Gasteiger partial charge in [0.05, 0.1) is 6.26 Å². The van der Waals surface area contributed by atoms with E-state index in [1.165, 1.54) is 4.72 Å². The molecule has 0 aromatic rings. The fraction of sp³-hybridized carbons (Fsp3) is 0.750. The Labute approximate surface area is 58.5 Å². The molecule has 60 valence electrons. The molecule has 0 aromatic heterocycles. The predicted molar refractivity (Wildman–Crippen MR) is 33.6 cm³/mol. The number of amides is 1. The number of halogens is 1. The fourth-order valence-electron chi connectivity index (χ4n) is 0.264. The number of hydrogen-bond donors (Lipinski definition) is 1. The zero-order valence-electron chi connectivity index (χ0n) is 5.59. The van der Waals surface area contributed by atoms with Crippen LogP contribution in [0.2, 0.25) is 0 Å². The minimum absolute atomic E-state index is 0.785. The molecule has 1 atom stereocenters. The van der Waals surface area contributed by atoms with Crippen molar-refractivity contribution in [1.29, 1.82) is 0 Å². The summed E-state index contributed by atoms with van der Waals surface area (Å²) in [5.74, 6) is -1.14. The Morgan fingerprint density at radius 1 is 1.60 bits per heavy atom. The van der Waals surface area contributed by atoms with Gasteiger partial charge in [0.25, 0.3) is 5.91 Å². The summed E-state index contributed by atoms with van der Waals surface area (Å²) < 4.78 is 33.9. The first-order valence-electron chi connectivity index (χ1n) is 2.48. The van der Waals surface area contributed by atoms with Crippen LogP contribution in [-0.4, -0.2) is 26.8 Å². The van der Waals surface area contributed by atoms with E-state index in [1.54, 1.807) is 0 Å². The quantitative estimate of drug-likeness (QED) is 0.601. The number of carbonyl (C=O) groups excluding carboxylic acids is 1. The van der Waals surface area contributed by atoms with Crippen molar-refractivity contribution >= 4 is 15.9 Å². The van der Waals surface area contributed by atoms with Crippen molar-refractivity contribution in [3.8, 4) is 0 Å². The van der Waals surface area contributed by atoms with Crippen LogP contribution in [0, 0.1) is 0 Å². The largest absolute Gasteiger partial charge is 0.271 e. The summed E-state index contributed by atoms with van der Waals surface area (Å²) in [6.07, 6.45) is -1.01. The van der Waals surface area contributed by atoms with Gasteiger partial charge in [-0.3, -0.25) is 9.52 Å². The first-order chi connectivity index (χ1) is 4.33. The van der Waals surface area contributed by atoms with Crippen LogP contribution in [0.4, 0.5) is 4.39 Å². The lowest BCUT2D eigenvalue weighted by molar-refractivity contribution is -0.123. The lowest BCUT2D eigenvalue weighted by Crippen LogP contribution is -2.34. The third kappa shape index (κ3) is 4.25. The molecule has 6 heteroatoms. The van der Waals surface area contributed by atoms with E-state index in [1.807, 2.05) is 0 Å². The van der Waals surface area contributed by atoms with E-state index in [4.69, 9.17) is 0 Å². The third-order valence-corrected chi connectivity index (χ3v) is 1.22. The van der Waals surface area contributed by atoms with Gasteiger partial charge in [-0.25, -0.2) is 12.8 Å². The monoisotopic (exact) mass is 169 g/mol. The zero-order valence-corrected chi connectivity index (χ0v) is 6.40. The van der Waals surface area contributed by atoms with Gasteiger partial charge in [0.15, 0.2) is 6.17 Å². The van der Waals surface area contributed by atoms with Gasteiger partial charge in [0.1, 0.15) is 0 Å². The molecule has 0 radical (unpaired) electrons. The highest BCUT2D eigenvalue weighted by Crippen LogP contribution is 1.88. The molecule has 1 N–H and O–H groups in total. The molecule has 0 bridgehead atoms. The van der Waals surface area contributed by atoms with E-state index in [0.29, 0.717) is 0 Å². The maximum atomic E-state index is 11.9. The minimum Gasteiger partial charge on any atom is -0.271 e. The second kappa shape index (κ2) is 2.96. The summed E-state index contributed by atoms with van der Waals surface area (Å²) in [7, 11) is -3.61. The highest BCUT2D eigenvalue weighted by atomic mass is 32.2. The molecule has 0 aromatic carbocycles. The van der Waals surface area contributed by atoms with E-state index in [-0.39, 0.29) is 0 Å². The van der Waals surface area contributed by atoms with Gasteiger partial charge in [-0.15, -0.1) is 0 Å². The molecule has 10 heavy (non-hydrogen) atoms. The van der Waals surface area contributed by atoms with Gasteiger partial charge in [-0.05, 0) is 6.92 Å². The van der Waals surface area contributed by atoms with Crippen LogP contribution in [-0.2, 0) is 14.8 Å². The Balaban J connectivity index is 4.07. The van der Waals surface area contributed by atoms with Crippen LogP contribution < -0.4 is 4.72 Å². The molecule has 0 aliphatic heterocycles. The van der Waals surface area contributed by atoms with Crippen LogP contribution in [0.3, 0.4) is 0 Å². The second-order valence-electron chi connectivity index (χ2n) is 1.85. The Kier molecular flexibility index (Phi) is 2.77. The Morgan fingerprint density at radius 3 is 2.10 bits per heavy atom. The topological polar surface area (TPSA) is 63.2 Å². The summed E-state index contributed by atoms with van der Waals surface area (Å²) in [5, 5.41) is 0. The summed E-state index contributed by atoms with van der Waals surface area (Å²) in [6.45, 7) is 0.959. The molecule has 1 unspecified atom stereocenters. The van der Waals surface area contributed by atoms with Gasteiger partial charge < -0.3 is 0 Å². The SMILES string of the molecule is CC(F)C(=O)NS(C)(=O)=O. The van der Waals surface area contributed by atoms with Crippen LogP contribution >= 0.6 is 0 Å². The lowest BCUT2D eigenvalue weighted by atomic mass is 10.4. The van der Waals surface area contributed by atoms with E-state index in [9.17, 15) is 17.6 Å². The third-order valence-electron chi connectivity index (χ3n) is 0.647. The zero-order chi connectivity index (χ0) is 8.36. The standard InChI is InChI=1S/C4H8FNO3S/c1-3(5)4(7)6-10(2,8)9/h3H,1-2H3,(H,6,7). The van der Waals surface area contributed by atoms with Crippen molar-refractivity contribution in [2.45, 2.75) is 13.1 Å². The molecule has 0 heterocycles.